The average molecular weight is 166 g/mol. The molecule has 1 fully saturated rings. The second kappa shape index (κ2) is 2.90. The zero-order chi connectivity index (χ0) is 8.55. The fourth-order valence-electron chi connectivity index (χ4n) is 1.54. The Balaban J connectivity index is 2.21. The Hall–Kier alpha value is -0.830. The molecule has 1 N–H and O–H groups in total. The van der Waals surface area contributed by atoms with Crippen LogP contribution in [0.3, 0.4) is 0 Å². The van der Waals surface area contributed by atoms with Crippen molar-refractivity contribution >= 4 is 0 Å². The van der Waals surface area contributed by atoms with Crippen LogP contribution in [0.25, 0.3) is 0 Å². The SMILES string of the molecule is Cc1nc(C2CCNC2)oc1C. The number of aryl methyl sites for hydroxylation is 2. The molecule has 2 heterocycles. The van der Waals surface area contributed by atoms with Gasteiger partial charge in [-0.3, -0.25) is 0 Å². The second-order valence-electron chi connectivity index (χ2n) is 3.38. The molecule has 0 amide bonds. The van der Waals surface area contributed by atoms with E-state index >= 15 is 0 Å². The molecule has 0 saturated carbocycles. The van der Waals surface area contributed by atoms with Gasteiger partial charge in [0.2, 0.25) is 0 Å². The minimum Gasteiger partial charge on any atom is -0.445 e. The highest BCUT2D eigenvalue weighted by Crippen LogP contribution is 2.23. The van der Waals surface area contributed by atoms with Gasteiger partial charge in [-0.15, -0.1) is 0 Å². The first kappa shape index (κ1) is 7.80. The van der Waals surface area contributed by atoms with Crippen molar-refractivity contribution in [1.29, 1.82) is 0 Å². The van der Waals surface area contributed by atoms with E-state index < -0.39 is 0 Å². The highest BCUT2D eigenvalue weighted by Gasteiger charge is 2.21. The quantitative estimate of drug-likeness (QED) is 0.684. The van der Waals surface area contributed by atoms with Crippen molar-refractivity contribution in [3.05, 3.63) is 17.3 Å². The molecule has 0 spiro atoms. The van der Waals surface area contributed by atoms with Crippen molar-refractivity contribution in [2.75, 3.05) is 13.1 Å². The van der Waals surface area contributed by atoms with E-state index in [1.54, 1.807) is 0 Å². The lowest BCUT2D eigenvalue weighted by molar-refractivity contribution is 0.438. The Morgan fingerprint density at radius 3 is 2.83 bits per heavy atom. The molecule has 1 saturated heterocycles. The molecule has 12 heavy (non-hydrogen) atoms. The van der Waals surface area contributed by atoms with Crippen LogP contribution in [-0.4, -0.2) is 18.1 Å². The predicted octanol–water partition coefficient (Wildman–Crippen LogP) is 1.37. The Labute approximate surface area is 72.2 Å². The topological polar surface area (TPSA) is 38.1 Å². The molecular formula is C9H14N2O. The first-order valence-electron chi connectivity index (χ1n) is 4.42. The third-order valence-corrected chi connectivity index (χ3v) is 2.45. The Morgan fingerprint density at radius 1 is 1.50 bits per heavy atom. The first-order valence-corrected chi connectivity index (χ1v) is 4.42. The predicted molar refractivity (Wildman–Crippen MR) is 46.2 cm³/mol. The van der Waals surface area contributed by atoms with Gasteiger partial charge in [0, 0.05) is 12.5 Å². The summed E-state index contributed by atoms with van der Waals surface area (Å²) in [5.74, 6) is 2.37. The number of hydrogen-bond donors (Lipinski definition) is 1. The van der Waals surface area contributed by atoms with Crippen LogP contribution in [0.4, 0.5) is 0 Å². The molecule has 2 rings (SSSR count). The number of oxazole rings is 1. The third-order valence-electron chi connectivity index (χ3n) is 2.45. The van der Waals surface area contributed by atoms with Crippen LogP contribution >= 0.6 is 0 Å². The van der Waals surface area contributed by atoms with E-state index in [1.165, 1.54) is 0 Å². The van der Waals surface area contributed by atoms with Crippen LogP contribution < -0.4 is 5.32 Å². The monoisotopic (exact) mass is 166 g/mol. The minimum absolute atomic E-state index is 0.498. The summed E-state index contributed by atoms with van der Waals surface area (Å²) >= 11 is 0. The summed E-state index contributed by atoms with van der Waals surface area (Å²) in [6, 6.07) is 0. The first-order chi connectivity index (χ1) is 5.77. The third kappa shape index (κ3) is 1.25. The highest BCUT2D eigenvalue weighted by atomic mass is 16.4. The molecule has 1 aromatic rings. The zero-order valence-corrected chi connectivity index (χ0v) is 7.55. The van der Waals surface area contributed by atoms with Crippen molar-refractivity contribution in [3.8, 4) is 0 Å². The molecule has 1 atom stereocenters. The van der Waals surface area contributed by atoms with Crippen molar-refractivity contribution in [3.63, 3.8) is 0 Å². The molecule has 1 unspecified atom stereocenters. The Morgan fingerprint density at radius 2 is 2.33 bits per heavy atom. The van der Waals surface area contributed by atoms with Gasteiger partial charge in [0.1, 0.15) is 5.76 Å². The molecular weight excluding hydrogens is 152 g/mol. The molecule has 0 bridgehead atoms. The summed E-state index contributed by atoms with van der Waals surface area (Å²) in [4.78, 5) is 4.39. The average Bonchev–Trinajstić information content (AvgIpc) is 2.61. The molecule has 0 aromatic carbocycles. The lowest BCUT2D eigenvalue weighted by Crippen LogP contribution is -2.08. The van der Waals surface area contributed by atoms with Gasteiger partial charge in [-0.1, -0.05) is 0 Å². The lowest BCUT2D eigenvalue weighted by Gasteiger charge is -2.00. The summed E-state index contributed by atoms with van der Waals surface area (Å²) < 4.78 is 5.55. The van der Waals surface area contributed by atoms with Crippen LogP contribution in [0.15, 0.2) is 4.42 Å². The van der Waals surface area contributed by atoms with E-state index in [0.717, 1.165) is 36.9 Å². The van der Waals surface area contributed by atoms with Crippen LogP contribution in [0.2, 0.25) is 0 Å². The summed E-state index contributed by atoms with van der Waals surface area (Å²) in [5, 5.41) is 3.30. The maximum absolute atomic E-state index is 5.55. The van der Waals surface area contributed by atoms with E-state index in [4.69, 9.17) is 4.42 Å². The van der Waals surface area contributed by atoms with Crippen LogP contribution in [0.1, 0.15) is 29.7 Å². The molecule has 0 aliphatic carbocycles. The van der Waals surface area contributed by atoms with Crippen LogP contribution in [0.5, 0.6) is 0 Å². The van der Waals surface area contributed by atoms with Crippen LogP contribution in [0, 0.1) is 13.8 Å². The Kier molecular flexibility index (Phi) is 1.89. The molecule has 1 aliphatic heterocycles. The highest BCUT2D eigenvalue weighted by molar-refractivity contribution is 5.09. The van der Waals surface area contributed by atoms with Gasteiger partial charge < -0.3 is 9.73 Å². The van der Waals surface area contributed by atoms with Crippen molar-refractivity contribution < 1.29 is 4.42 Å². The maximum atomic E-state index is 5.55. The van der Waals surface area contributed by atoms with Gasteiger partial charge in [0.05, 0.1) is 5.69 Å². The van der Waals surface area contributed by atoms with E-state index in [-0.39, 0.29) is 0 Å². The van der Waals surface area contributed by atoms with Gasteiger partial charge in [-0.25, -0.2) is 4.98 Å². The molecule has 3 heteroatoms. The molecule has 1 aliphatic rings. The number of nitrogens with one attached hydrogen (secondary N) is 1. The maximum Gasteiger partial charge on any atom is 0.199 e. The molecule has 3 nitrogen and oxygen atoms in total. The molecule has 1 aromatic heterocycles. The lowest BCUT2D eigenvalue weighted by atomic mass is 10.1. The fourth-order valence-corrected chi connectivity index (χ4v) is 1.54. The van der Waals surface area contributed by atoms with Gasteiger partial charge in [-0.05, 0) is 26.8 Å². The summed E-state index contributed by atoms with van der Waals surface area (Å²) in [6.07, 6.45) is 1.15. The van der Waals surface area contributed by atoms with Gasteiger partial charge in [0.25, 0.3) is 0 Å². The van der Waals surface area contributed by atoms with Gasteiger partial charge >= 0.3 is 0 Å². The van der Waals surface area contributed by atoms with Crippen molar-refractivity contribution in [2.24, 2.45) is 0 Å². The summed E-state index contributed by atoms with van der Waals surface area (Å²) in [6.45, 7) is 6.06. The number of aromatic nitrogens is 1. The standard InChI is InChI=1S/C9H14N2O/c1-6-7(2)12-9(11-6)8-3-4-10-5-8/h8,10H,3-5H2,1-2H3. The van der Waals surface area contributed by atoms with E-state index in [1.807, 2.05) is 13.8 Å². The van der Waals surface area contributed by atoms with E-state index in [9.17, 15) is 0 Å². The zero-order valence-electron chi connectivity index (χ0n) is 7.55. The smallest absolute Gasteiger partial charge is 0.199 e. The fraction of sp³-hybridized carbons (Fsp3) is 0.667. The van der Waals surface area contributed by atoms with Crippen molar-refractivity contribution in [1.82, 2.24) is 10.3 Å². The normalized spacial score (nSPS) is 23.3. The second-order valence-corrected chi connectivity index (χ2v) is 3.38. The van der Waals surface area contributed by atoms with E-state index in [0.29, 0.717) is 5.92 Å². The van der Waals surface area contributed by atoms with Crippen molar-refractivity contribution in [2.45, 2.75) is 26.2 Å². The number of nitrogens with zero attached hydrogens (tertiary/aromatic N) is 1. The Bertz CT molecular complexity index is 255. The number of rotatable bonds is 1. The minimum atomic E-state index is 0.498. The molecule has 66 valence electrons. The molecule has 0 radical (unpaired) electrons. The van der Waals surface area contributed by atoms with Crippen LogP contribution in [-0.2, 0) is 0 Å². The number of hydrogen-bond acceptors (Lipinski definition) is 3. The van der Waals surface area contributed by atoms with Gasteiger partial charge in [-0.2, -0.15) is 0 Å². The van der Waals surface area contributed by atoms with E-state index in [2.05, 4.69) is 10.3 Å². The summed E-state index contributed by atoms with van der Waals surface area (Å²) in [5.41, 5.74) is 1.02. The van der Waals surface area contributed by atoms with Gasteiger partial charge in [0.15, 0.2) is 5.89 Å². The summed E-state index contributed by atoms with van der Waals surface area (Å²) in [7, 11) is 0. The largest absolute Gasteiger partial charge is 0.445 e.